The van der Waals surface area contributed by atoms with E-state index in [1.807, 2.05) is 0 Å². The van der Waals surface area contributed by atoms with E-state index in [0.717, 1.165) is 13.0 Å². The molecule has 1 nitrogen and oxygen atoms in total. The molecular formula is C25H35N. The minimum absolute atomic E-state index is 1.08. The summed E-state index contributed by atoms with van der Waals surface area (Å²) in [5.74, 6) is 0. The number of nitrogens with one attached hydrogen (secondary N) is 1. The zero-order valence-electron chi connectivity index (χ0n) is 16.5. The Morgan fingerprint density at radius 3 is 2.12 bits per heavy atom. The quantitative estimate of drug-likeness (QED) is 0.332. The minimum atomic E-state index is 1.08. The van der Waals surface area contributed by atoms with Crippen LogP contribution in [0.25, 0.3) is 11.1 Å². The Morgan fingerprint density at radius 1 is 0.692 bits per heavy atom. The van der Waals surface area contributed by atoms with Crippen molar-refractivity contribution < 1.29 is 0 Å². The van der Waals surface area contributed by atoms with Crippen molar-refractivity contribution in [3.63, 3.8) is 0 Å². The van der Waals surface area contributed by atoms with E-state index >= 15 is 0 Å². The molecule has 0 heterocycles. The van der Waals surface area contributed by atoms with Gasteiger partial charge in [-0.2, -0.15) is 0 Å². The third-order valence-corrected chi connectivity index (χ3v) is 5.66. The van der Waals surface area contributed by atoms with E-state index in [4.69, 9.17) is 0 Å². The van der Waals surface area contributed by atoms with E-state index < -0.39 is 0 Å². The summed E-state index contributed by atoms with van der Waals surface area (Å²) in [6.45, 7) is 3.38. The van der Waals surface area contributed by atoms with Gasteiger partial charge in [0, 0.05) is 17.8 Å². The molecule has 0 atom stereocenters. The zero-order valence-corrected chi connectivity index (χ0v) is 16.5. The van der Waals surface area contributed by atoms with Gasteiger partial charge in [0.15, 0.2) is 0 Å². The van der Waals surface area contributed by atoms with Crippen molar-refractivity contribution in [1.29, 1.82) is 0 Å². The maximum Gasteiger partial charge on any atom is 0.0422 e. The molecule has 0 saturated carbocycles. The van der Waals surface area contributed by atoms with Crippen LogP contribution in [0.4, 0.5) is 5.69 Å². The molecule has 0 spiro atoms. The molecule has 0 aliphatic heterocycles. The van der Waals surface area contributed by atoms with Crippen molar-refractivity contribution in [3.8, 4) is 11.1 Å². The monoisotopic (exact) mass is 349 g/mol. The molecule has 140 valence electrons. The molecule has 1 N–H and O–H groups in total. The van der Waals surface area contributed by atoms with Gasteiger partial charge < -0.3 is 5.32 Å². The van der Waals surface area contributed by atoms with Crippen LogP contribution in [0, 0.1) is 0 Å². The summed E-state index contributed by atoms with van der Waals surface area (Å²) in [5, 5.41) is 3.71. The molecule has 1 aliphatic carbocycles. The molecule has 0 radical (unpaired) electrons. The first-order valence-electron chi connectivity index (χ1n) is 10.8. The summed E-state index contributed by atoms with van der Waals surface area (Å²) in [6, 6.07) is 15.6. The molecule has 0 aromatic heterocycles. The van der Waals surface area contributed by atoms with Crippen LogP contribution in [0.2, 0.25) is 0 Å². The highest BCUT2D eigenvalue weighted by Crippen LogP contribution is 2.41. The molecule has 0 fully saturated rings. The Morgan fingerprint density at radius 2 is 1.35 bits per heavy atom. The van der Waals surface area contributed by atoms with E-state index in [2.05, 4.69) is 54.7 Å². The summed E-state index contributed by atoms with van der Waals surface area (Å²) in [6.07, 6.45) is 15.0. The molecule has 2 aromatic carbocycles. The molecule has 3 rings (SSSR count). The van der Waals surface area contributed by atoms with Crippen molar-refractivity contribution in [1.82, 2.24) is 0 Å². The fraction of sp³-hybridized carbons (Fsp3) is 0.520. The Hall–Kier alpha value is -1.76. The van der Waals surface area contributed by atoms with E-state index in [1.54, 1.807) is 0 Å². The van der Waals surface area contributed by atoms with Crippen molar-refractivity contribution in [2.24, 2.45) is 0 Å². The van der Waals surface area contributed by atoms with Gasteiger partial charge in [-0.15, -0.1) is 0 Å². The third-order valence-electron chi connectivity index (χ3n) is 5.66. The number of benzene rings is 2. The molecule has 26 heavy (non-hydrogen) atoms. The van der Waals surface area contributed by atoms with Gasteiger partial charge in [-0.3, -0.25) is 0 Å². The van der Waals surface area contributed by atoms with Crippen LogP contribution < -0.4 is 5.32 Å². The Labute approximate surface area is 160 Å². The molecule has 1 aliphatic rings. The van der Waals surface area contributed by atoms with Gasteiger partial charge in [0.2, 0.25) is 0 Å². The predicted molar refractivity (Wildman–Crippen MR) is 115 cm³/mol. The van der Waals surface area contributed by atoms with Gasteiger partial charge in [-0.25, -0.2) is 0 Å². The second-order valence-electron chi connectivity index (χ2n) is 7.78. The lowest BCUT2D eigenvalue weighted by Crippen LogP contribution is -2.03. The van der Waals surface area contributed by atoms with E-state index in [1.165, 1.54) is 92.1 Å². The smallest absolute Gasteiger partial charge is 0.0422 e. The third kappa shape index (κ3) is 5.13. The number of anilines is 1. The highest BCUT2D eigenvalue weighted by atomic mass is 14.9. The zero-order chi connectivity index (χ0) is 18.0. The van der Waals surface area contributed by atoms with E-state index in [9.17, 15) is 0 Å². The average Bonchev–Trinajstić information content (AvgIpc) is 3.05. The van der Waals surface area contributed by atoms with Gasteiger partial charge in [0.05, 0.1) is 0 Å². The second-order valence-corrected chi connectivity index (χ2v) is 7.78. The molecule has 2 aromatic rings. The fourth-order valence-electron chi connectivity index (χ4n) is 4.17. The Kier molecular flexibility index (Phi) is 7.61. The lowest BCUT2D eigenvalue weighted by molar-refractivity contribution is 0.560. The van der Waals surface area contributed by atoms with Crippen molar-refractivity contribution >= 4 is 5.69 Å². The maximum atomic E-state index is 3.71. The SMILES string of the molecule is CCCCCCCCCCCCNc1cccc2c1-c1ccccc1C2. The molecule has 0 saturated heterocycles. The van der Waals surface area contributed by atoms with Gasteiger partial charge in [-0.05, 0) is 35.6 Å². The fourth-order valence-corrected chi connectivity index (χ4v) is 4.17. The molecule has 0 bridgehead atoms. The summed E-state index contributed by atoms with van der Waals surface area (Å²) in [4.78, 5) is 0. The average molecular weight is 350 g/mol. The Bertz CT molecular complexity index is 674. The molecular weight excluding hydrogens is 314 g/mol. The predicted octanol–water partition coefficient (Wildman–Crippen LogP) is 7.59. The minimum Gasteiger partial charge on any atom is -0.385 e. The van der Waals surface area contributed by atoms with Crippen LogP contribution >= 0.6 is 0 Å². The number of hydrogen-bond acceptors (Lipinski definition) is 1. The van der Waals surface area contributed by atoms with Crippen LogP contribution in [0.3, 0.4) is 0 Å². The lowest BCUT2D eigenvalue weighted by Gasteiger charge is -2.12. The number of rotatable bonds is 12. The van der Waals surface area contributed by atoms with Gasteiger partial charge in [0.1, 0.15) is 0 Å². The highest BCUT2D eigenvalue weighted by Gasteiger charge is 2.20. The topological polar surface area (TPSA) is 12.0 Å². The number of fused-ring (bicyclic) bond motifs is 3. The van der Waals surface area contributed by atoms with Crippen molar-refractivity contribution in [2.45, 2.75) is 77.6 Å². The van der Waals surface area contributed by atoms with Crippen LogP contribution in [-0.2, 0) is 6.42 Å². The highest BCUT2D eigenvalue weighted by molar-refractivity contribution is 5.86. The van der Waals surface area contributed by atoms with E-state index in [0.29, 0.717) is 0 Å². The van der Waals surface area contributed by atoms with Gasteiger partial charge in [0.25, 0.3) is 0 Å². The van der Waals surface area contributed by atoms with Crippen LogP contribution in [0.1, 0.15) is 82.3 Å². The standard InChI is InChI=1S/C25H35N/c1-2-3-4-5-6-7-8-9-10-13-19-26-24-18-14-16-22-20-21-15-11-12-17-23(21)25(22)24/h11-12,14-18,26H,2-10,13,19-20H2,1H3. The molecule has 0 amide bonds. The van der Waals surface area contributed by atoms with Crippen LogP contribution in [0.15, 0.2) is 42.5 Å². The van der Waals surface area contributed by atoms with Gasteiger partial charge in [-0.1, -0.05) is 101 Å². The van der Waals surface area contributed by atoms with Crippen LogP contribution in [-0.4, -0.2) is 6.54 Å². The first kappa shape index (κ1) is 19.0. The summed E-state index contributed by atoms with van der Waals surface area (Å²) in [7, 11) is 0. The lowest BCUT2D eigenvalue weighted by atomic mass is 10.0. The number of unbranched alkanes of at least 4 members (excludes halogenated alkanes) is 9. The first-order valence-corrected chi connectivity index (χ1v) is 10.8. The summed E-state index contributed by atoms with van der Waals surface area (Å²) >= 11 is 0. The largest absolute Gasteiger partial charge is 0.385 e. The van der Waals surface area contributed by atoms with Crippen LogP contribution in [0.5, 0.6) is 0 Å². The summed E-state index contributed by atoms with van der Waals surface area (Å²) in [5.41, 5.74) is 7.13. The number of hydrogen-bond donors (Lipinski definition) is 1. The van der Waals surface area contributed by atoms with Gasteiger partial charge >= 0.3 is 0 Å². The van der Waals surface area contributed by atoms with E-state index in [-0.39, 0.29) is 0 Å². The van der Waals surface area contributed by atoms with Crippen molar-refractivity contribution in [2.75, 3.05) is 11.9 Å². The Balaban J connectivity index is 1.35. The molecule has 0 unspecified atom stereocenters. The van der Waals surface area contributed by atoms with Crippen molar-refractivity contribution in [3.05, 3.63) is 53.6 Å². The first-order chi connectivity index (χ1) is 12.9. The molecule has 1 heteroatoms. The maximum absolute atomic E-state index is 3.71. The normalized spacial score (nSPS) is 12.0. The second kappa shape index (κ2) is 10.4. The summed E-state index contributed by atoms with van der Waals surface area (Å²) < 4.78 is 0.